The van der Waals surface area contributed by atoms with Gasteiger partial charge in [-0.3, -0.25) is 15.0 Å². The van der Waals surface area contributed by atoms with Crippen molar-refractivity contribution in [3.05, 3.63) is 140 Å². The predicted molar refractivity (Wildman–Crippen MR) is 265 cm³/mol. The third-order valence-electron chi connectivity index (χ3n) is 14.2. The quantitative estimate of drug-likeness (QED) is 0.114. The minimum absolute atomic E-state index is 0. The van der Waals surface area contributed by atoms with Crippen LogP contribution in [-0.4, -0.2) is 78.4 Å². The SMILES string of the molecule is Cc1nc(-c2cc(C(=O)N3CCC(c4ccc(C#N)cc4)CC3)c(C)cc2C2CCC2)n[nH]1.Cc1nc(-c2cc(C(=O)O)c(C)cc2C2CCC2)n[nH]1.Cl.N#Cc1ccc(C2CCNCC2)cc1. The number of halogens is 1. The number of H-pyrrole nitrogens is 2. The van der Waals surface area contributed by atoms with Gasteiger partial charge in [0.15, 0.2) is 11.6 Å². The molecule has 0 unspecified atom stereocenters. The van der Waals surface area contributed by atoms with Crippen LogP contribution in [0, 0.1) is 50.4 Å². The number of piperidine rings is 2. The first kappa shape index (κ1) is 49.2. The van der Waals surface area contributed by atoms with Gasteiger partial charge in [0.2, 0.25) is 0 Å². The fourth-order valence-corrected chi connectivity index (χ4v) is 9.75. The van der Waals surface area contributed by atoms with Crippen LogP contribution >= 0.6 is 12.4 Å². The molecular weight excluding hydrogens is 872 g/mol. The molecule has 6 aromatic rings. The second-order valence-electron chi connectivity index (χ2n) is 18.6. The molecule has 4 N–H and O–H groups in total. The highest BCUT2D eigenvalue weighted by molar-refractivity contribution is 5.97. The topological polar surface area (TPSA) is 200 Å². The molecule has 2 aromatic heterocycles. The summed E-state index contributed by atoms with van der Waals surface area (Å²) in [6.07, 6.45) is 11.5. The maximum atomic E-state index is 13.5. The van der Waals surface area contributed by atoms with Crippen LogP contribution in [0.1, 0.15) is 165 Å². The van der Waals surface area contributed by atoms with Crippen LogP contribution in [0.3, 0.4) is 0 Å². The smallest absolute Gasteiger partial charge is 0.335 e. The molecule has 0 spiro atoms. The van der Waals surface area contributed by atoms with E-state index in [9.17, 15) is 14.7 Å². The Morgan fingerprint density at radius 3 is 1.41 bits per heavy atom. The molecule has 1 amide bonds. The molecule has 2 saturated carbocycles. The number of nitrogens with zero attached hydrogens (tertiary/aromatic N) is 7. The van der Waals surface area contributed by atoms with Gasteiger partial charge in [0, 0.05) is 29.8 Å². The zero-order valence-electron chi connectivity index (χ0n) is 39.4. The average Bonchev–Trinajstić information content (AvgIpc) is 3.96. The van der Waals surface area contributed by atoms with E-state index in [1.807, 2.05) is 69.0 Å². The molecule has 4 aliphatic rings. The third kappa shape index (κ3) is 11.4. The van der Waals surface area contributed by atoms with Crippen LogP contribution in [0.15, 0.2) is 72.8 Å². The molecule has 0 atom stereocenters. The summed E-state index contributed by atoms with van der Waals surface area (Å²) in [4.78, 5) is 35.8. The van der Waals surface area contributed by atoms with Gasteiger partial charge in [-0.1, -0.05) is 49.2 Å². The van der Waals surface area contributed by atoms with Crippen molar-refractivity contribution >= 4 is 24.3 Å². The molecule has 10 rings (SSSR count). The van der Waals surface area contributed by atoms with Crippen molar-refractivity contribution in [2.75, 3.05) is 26.2 Å². The molecule has 2 saturated heterocycles. The number of carbonyl (C=O) groups excluding carboxylic acids is 1. The number of carboxylic acid groups (broad SMARTS) is 1. The van der Waals surface area contributed by atoms with E-state index in [1.54, 1.807) is 6.07 Å². The number of aromatic amines is 2. The van der Waals surface area contributed by atoms with Gasteiger partial charge in [0.1, 0.15) is 11.6 Å². The molecule has 2 aliphatic heterocycles. The Balaban J connectivity index is 0.000000166. The van der Waals surface area contributed by atoms with Crippen LogP contribution in [0.25, 0.3) is 22.8 Å². The van der Waals surface area contributed by atoms with Gasteiger partial charge in [-0.05, 0) is 186 Å². The summed E-state index contributed by atoms with van der Waals surface area (Å²) in [5.74, 6) is 4.13. The van der Waals surface area contributed by atoms with E-state index in [-0.39, 0.29) is 18.3 Å². The van der Waals surface area contributed by atoms with Crippen LogP contribution < -0.4 is 5.32 Å². The van der Waals surface area contributed by atoms with Gasteiger partial charge < -0.3 is 15.3 Å². The Labute approximate surface area is 405 Å². The number of rotatable bonds is 8. The minimum Gasteiger partial charge on any atom is -0.478 e. The first-order chi connectivity index (χ1) is 32.5. The lowest BCUT2D eigenvalue weighted by Gasteiger charge is -2.33. The van der Waals surface area contributed by atoms with E-state index >= 15 is 0 Å². The van der Waals surface area contributed by atoms with Crippen molar-refractivity contribution in [3.63, 3.8) is 0 Å². The fourth-order valence-electron chi connectivity index (χ4n) is 9.75. The zero-order chi connectivity index (χ0) is 47.0. The van der Waals surface area contributed by atoms with Crippen LogP contribution in [0.5, 0.6) is 0 Å². The van der Waals surface area contributed by atoms with E-state index < -0.39 is 5.97 Å². The molecule has 2 aliphatic carbocycles. The number of carboxylic acids is 1. The third-order valence-corrected chi connectivity index (χ3v) is 14.2. The van der Waals surface area contributed by atoms with Gasteiger partial charge in [-0.2, -0.15) is 20.7 Å². The van der Waals surface area contributed by atoms with Crippen molar-refractivity contribution in [2.45, 2.75) is 116 Å². The van der Waals surface area contributed by atoms with Crippen molar-refractivity contribution in [1.82, 2.24) is 40.6 Å². The predicted octanol–water partition coefficient (Wildman–Crippen LogP) is 10.7. The Hall–Kier alpha value is -6.67. The molecule has 0 radical (unpaired) electrons. The lowest BCUT2D eigenvalue weighted by atomic mass is 9.77. The number of hydrogen-bond donors (Lipinski definition) is 4. The first-order valence-corrected chi connectivity index (χ1v) is 23.8. The fraction of sp³-hybridized carbons (Fsp3) is 0.407. The van der Waals surface area contributed by atoms with E-state index in [2.05, 4.69) is 78.1 Å². The second kappa shape index (κ2) is 22.4. The number of nitriles is 2. The number of aryl methyl sites for hydroxylation is 4. The average molecular weight is 934 g/mol. The highest BCUT2D eigenvalue weighted by Gasteiger charge is 2.30. The zero-order valence-corrected chi connectivity index (χ0v) is 40.3. The second-order valence-corrected chi connectivity index (χ2v) is 18.6. The summed E-state index contributed by atoms with van der Waals surface area (Å²) in [5.41, 5.74) is 11.3. The first-order valence-electron chi connectivity index (χ1n) is 23.8. The summed E-state index contributed by atoms with van der Waals surface area (Å²) in [7, 11) is 0. The lowest BCUT2D eigenvalue weighted by Crippen LogP contribution is -2.38. The molecule has 4 heterocycles. The monoisotopic (exact) mass is 932 g/mol. The highest BCUT2D eigenvalue weighted by atomic mass is 35.5. The minimum atomic E-state index is -0.906. The summed E-state index contributed by atoms with van der Waals surface area (Å²) >= 11 is 0. The summed E-state index contributed by atoms with van der Waals surface area (Å²) in [5, 5.41) is 44.7. The Morgan fingerprint density at radius 2 is 1.03 bits per heavy atom. The maximum absolute atomic E-state index is 13.5. The van der Waals surface area contributed by atoms with E-state index in [0.29, 0.717) is 46.4 Å². The van der Waals surface area contributed by atoms with Crippen LogP contribution in [0.4, 0.5) is 0 Å². The molecular formula is C54H61ClN10O3. The Morgan fingerprint density at radius 1 is 0.603 bits per heavy atom. The molecule has 4 aromatic carbocycles. The van der Waals surface area contributed by atoms with Crippen molar-refractivity contribution in [3.8, 4) is 34.9 Å². The number of nitrogens with one attached hydrogen (secondary N) is 3. The lowest BCUT2D eigenvalue weighted by molar-refractivity contribution is 0.0692. The number of carbonyl (C=O) groups is 2. The van der Waals surface area contributed by atoms with E-state index in [4.69, 9.17) is 10.5 Å². The Bertz CT molecular complexity index is 2780. The van der Waals surface area contributed by atoms with E-state index in [0.717, 1.165) is 96.9 Å². The van der Waals surface area contributed by atoms with Crippen LogP contribution in [0.2, 0.25) is 0 Å². The highest BCUT2D eigenvalue weighted by Crippen LogP contribution is 2.43. The van der Waals surface area contributed by atoms with Gasteiger partial charge in [-0.15, -0.1) is 12.4 Å². The van der Waals surface area contributed by atoms with Gasteiger partial charge in [-0.25, -0.2) is 14.8 Å². The van der Waals surface area contributed by atoms with Crippen molar-refractivity contribution in [1.29, 1.82) is 10.5 Å². The van der Waals surface area contributed by atoms with Gasteiger partial charge >= 0.3 is 5.97 Å². The molecule has 0 bridgehead atoms. The number of aromatic carboxylic acids is 1. The number of hydrogen-bond acceptors (Lipinski definition) is 9. The summed E-state index contributed by atoms with van der Waals surface area (Å²) in [6, 6.07) is 28.1. The summed E-state index contributed by atoms with van der Waals surface area (Å²) < 4.78 is 0. The number of benzene rings is 4. The van der Waals surface area contributed by atoms with Crippen LogP contribution in [-0.2, 0) is 0 Å². The molecule has 4 fully saturated rings. The molecule has 13 nitrogen and oxygen atoms in total. The number of aromatic nitrogens is 6. The summed E-state index contributed by atoms with van der Waals surface area (Å²) in [6.45, 7) is 11.3. The van der Waals surface area contributed by atoms with E-state index in [1.165, 1.54) is 60.8 Å². The van der Waals surface area contributed by atoms with Crippen molar-refractivity contribution in [2.24, 2.45) is 0 Å². The maximum Gasteiger partial charge on any atom is 0.335 e. The molecule has 14 heteroatoms. The largest absolute Gasteiger partial charge is 0.478 e. The molecule has 352 valence electrons. The number of likely N-dealkylation sites (tertiary alicyclic amines) is 1. The Kier molecular flexibility index (Phi) is 16.2. The normalized spacial score (nSPS) is 16.3. The van der Waals surface area contributed by atoms with Crippen molar-refractivity contribution < 1.29 is 14.7 Å². The standard InChI is InChI=1S/C27H29N5O.C15H17N3O2.C12H14N2.ClH/c1-17-14-24(22-4-3-5-22)25(26-29-18(2)30-31-26)15-23(17)27(33)32-12-10-21(11-13-32)20-8-6-19(16-28)7-9-20;1-8-6-12(10-4-3-5-10)13(7-11(8)15(19)20)14-16-9(2)17-18-14;13-9-10-1-3-11(4-2-10)12-5-7-14-8-6-12;/h6-9,14-15,21-22H,3-5,10-13H2,1-2H3,(H,29,30,31);6-7,10H,3-5H2,1-2H3,(H,19,20)(H,16,17,18);1-4,12,14H,5-8H2;1H. The number of amides is 1. The molecule has 68 heavy (non-hydrogen) atoms. The van der Waals surface area contributed by atoms with Gasteiger partial charge in [0.05, 0.1) is 28.8 Å². The van der Waals surface area contributed by atoms with Gasteiger partial charge in [0.25, 0.3) is 5.91 Å².